The van der Waals surface area contributed by atoms with Crippen molar-refractivity contribution in [3.63, 3.8) is 0 Å². The highest BCUT2D eigenvalue weighted by Crippen LogP contribution is 1.69. The third kappa shape index (κ3) is 63.7. The Bertz CT molecular complexity index is 767. The van der Waals surface area contributed by atoms with E-state index in [1.807, 2.05) is 0 Å². The van der Waals surface area contributed by atoms with Gasteiger partial charge in [-0.2, -0.15) is 20.0 Å². The molecule has 0 rings (SSSR count). The molecule has 22 heteroatoms. The minimum atomic E-state index is -0.617. The van der Waals surface area contributed by atoms with Crippen molar-refractivity contribution in [2.75, 3.05) is 69.2 Å². The molecule has 5 amide bonds. The fourth-order valence-corrected chi connectivity index (χ4v) is 0.867. The fraction of sp³-hybridized carbons (Fsp3) is 0.556. The first kappa shape index (κ1) is 47.7. The van der Waals surface area contributed by atoms with E-state index in [0.29, 0.717) is 0 Å². The minimum Gasteiger partial charge on any atom is -0.453 e. The maximum atomic E-state index is 10.5. The zero-order valence-electron chi connectivity index (χ0n) is 22.6. The molecule has 0 aliphatic heterocycles. The van der Waals surface area contributed by atoms with Crippen molar-refractivity contribution < 1.29 is 57.7 Å². The summed E-state index contributed by atoms with van der Waals surface area (Å²) < 4.78 is 12.6. The average molecular weight is 583 g/mol. The summed E-state index contributed by atoms with van der Waals surface area (Å²) in [5.74, 6) is 0. The molecule has 0 aromatic carbocycles. The van der Waals surface area contributed by atoms with Gasteiger partial charge in [-0.05, 0) is 7.05 Å². The van der Waals surface area contributed by atoms with Crippen LogP contribution in [-0.4, -0.2) is 123 Å². The van der Waals surface area contributed by atoms with Crippen LogP contribution in [0.25, 0.3) is 0 Å². The third-order valence-corrected chi connectivity index (χ3v) is 2.27. The van der Waals surface area contributed by atoms with Gasteiger partial charge in [0.05, 0.1) is 28.0 Å². The number of nitrogens with zero attached hydrogens (tertiary/aromatic N) is 4. The number of aliphatic hydroxyl groups excluding tert-OH is 1. The van der Waals surface area contributed by atoms with E-state index in [4.69, 9.17) is 5.11 Å². The lowest BCUT2D eigenvalue weighted by Crippen LogP contribution is -2.41. The third-order valence-electron chi connectivity index (χ3n) is 2.27. The summed E-state index contributed by atoms with van der Waals surface area (Å²) in [6.45, 7) is -0.286. The van der Waals surface area contributed by atoms with Crippen LogP contribution in [0.15, 0.2) is 20.0 Å². The second kappa shape index (κ2) is 50.4. The predicted octanol–water partition coefficient (Wildman–Crippen LogP) is -2.70. The molecule has 0 aliphatic carbocycles. The van der Waals surface area contributed by atoms with Gasteiger partial charge in [0.1, 0.15) is 13.3 Å². The number of aliphatic hydroxyl groups is 1. The van der Waals surface area contributed by atoms with Crippen LogP contribution < -0.4 is 32.3 Å². The Balaban J connectivity index is -0.0000000931. The monoisotopic (exact) mass is 582 g/mol. The van der Waals surface area contributed by atoms with E-state index in [-0.39, 0.29) is 32.7 Å². The maximum Gasteiger partial charge on any atom is 0.408 e. The Labute approximate surface area is 228 Å². The highest BCUT2D eigenvalue weighted by atomic mass is 16.5. The number of ether oxygens (including phenoxy) is 3. The van der Waals surface area contributed by atoms with Gasteiger partial charge in [-0.3, -0.25) is 0 Å². The summed E-state index contributed by atoms with van der Waals surface area (Å²) in [6.07, 6.45) is 3.10. The lowest BCUT2D eigenvalue weighted by atomic mass is 10.9. The van der Waals surface area contributed by atoms with Gasteiger partial charge < -0.3 is 51.6 Å². The predicted molar refractivity (Wildman–Crippen MR) is 134 cm³/mol. The largest absolute Gasteiger partial charge is 0.453 e. The number of carbonyl (C=O) groups excluding carboxylic acids is 8. The Morgan fingerprint density at radius 2 is 0.975 bits per heavy atom. The highest BCUT2D eigenvalue weighted by Gasteiger charge is 1.97. The number of isocyanates is 4. The summed E-state index contributed by atoms with van der Waals surface area (Å²) in [5, 5.41) is 18.2. The van der Waals surface area contributed by atoms with Gasteiger partial charge in [0, 0.05) is 14.2 Å². The van der Waals surface area contributed by atoms with Crippen LogP contribution in [-0.2, 0) is 33.4 Å². The minimum absolute atomic E-state index is 0.0480. The summed E-state index contributed by atoms with van der Waals surface area (Å²) in [5.41, 5.74) is 4.50. The van der Waals surface area contributed by atoms with Crippen molar-refractivity contribution >= 4 is 48.6 Å². The molecule has 22 nitrogen and oxygen atoms in total. The number of hydrogen-bond acceptors (Lipinski definition) is 17. The molecule has 40 heavy (non-hydrogen) atoms. The van der Waals surface area contributed by atoms with Crippen LogP contribution in [0, 0.1) is 0 Å². The normalized spacial score (nSPS) is 6.80. The Morgan fingerprint density at radius 3 is 1.25 bits per heavy atom. The molecule has 0 aromatic heterocycles. The van der Waals surface area contributed by atoms with Crippen molar-refractivity contribution in [3.8, 4) is 0 Å². The Kier molecular flexibility index (Phi) is 60.1. The van der Waals surface area contributed by atoms with Crippen molar-refractivity contribution in [1.82, 2.24) is 26.6 Å². The molecule has 8 N–H and O–H groups in total. The Morgan fingerprint density at radius 1 is 0.650 bits per heavy atom. The molecule has 0 fully saturated rings. The summed E-state index contributed by atoms with van der Waals surface area (Å²) >= 11 is 0. The van der Waals surface area contributed by atoms with Gasteiger partial charge in [0.25, 0.3) is 0 Å². The number of hydrogen-bond donors (Lipinski definition) is 7. The van der Waals surface area contributed by atoms with E-state index in [0.717, 1.165) is 7.11 Å². The van der Waals surface area contributed by atoms with Gasteiger partial charge in [-0.25, -0.2) is 38.4 Å². The molecule has 0 spiro atoms. The fourth-order valence-electron chi connectivity index (χ4n) is 0.867. The summed E-state index contributed by atoms with van der Waals surface area (Å²) in [4.78, 5) is 90.3. The van der Waals surface area contributed by atoms with Gasteiger partial charge in [0.15, 0.2) is 6.67 Å². The molecule has 0 aliphatic rings. The zero-order chi connectivity index (χ0) is 32.5. The van der Waals surface area contributed by atoms with E-state index >= 15 is 0 Å². The molecule has 0 aromatic rings. The van der Waals surface area contributed by atoms with Crippen LogP contribution >= 0.6 is 0 Å². The van der Waals surface area contributed by atoms with Crippen molar-refractivity contribution in [2.45, 2.75) is 0 Å². The maximum absolute atomic E-state index is 10.5. The van der Waals surface area contributed by atoms with E-state index in [2.05, 4.69) is 66.5 Å². The lowest BCUT2D eigenvalue weighted by molar-refractivity contribution is 0.169. The van der Waals surface area contributed by atoms with Gasteiger partial charge in [-0.15, -0.1) is 0 Å². The highest BCUT2D eigenvalue weighted by molar-refractivity contribution is 5.74. The van der Waals surface area contributed by atoms with Crippen molar-refractivity contribution in [3.05, 3.63) is 0 Å². The topological polar surface area (TPSA) is 320 Å². The number of rotatable bonds is 8. The quantitative estimate of drug-likeness (QED) is 0.0663. The van der Waals surface area contributed by atoms with E-state index < -0.39 is 18.3 Å². The van der Waals surface area contributed by atoms with Crippen LogP contribution in [0.2, 0.25) is 0 Å². The first-order valence-electron chi connectivity index (χ1n) is 9.82. The smallest absolute Gasteiger partial charge is 0.408 e. The van der Waals surface area contributed by atoms with Crippen LogP contribution in [0.1, 0.15) is 0 Å². The molecular formula is C18H34N10O12. The summed E-state index contributed by atoms with van der Waals surface area (Å²) in [7, 11) is 7.67. The number of carbonyl (C=O) groups is 4. The SMILES string of the molecule is CN.CNC(=O)NCNC(=O)OC.CO.COC(=O)NCN=C=O.COC(=O)NCN=C=O.O=C=NCN=C=O. The lowest BCUT2D eigenvalue weighted by Gasteiger charge is -2.04. The number of alkyl carbamates (subject to hydrolysis) is 3. The molecule has 0 atom stereocenters. The van der Waals surface area contributed by atoms with E-state index in [9.17, 15) is 38.4 Å². The number of nitrogens with one attached hydrogen (secondary N) is 5. The number of urea groups is 1. The number of nitrogens with two attached hydrogens (primary N) is 1. The zero-order valence-corrected chi connectivity index (χ0v) is 22.6. The van der Waals surface area contributed by atoms with E-state index in [1.54, 1.807) is 0 Å². The Hall–Kier alpha value is -5.48. The standard InChI is InChI=1S/C5H11N3O3.2C4H6N2O3.C3H2N2O2.CH5N.CH4O/c1-6-4(9)7-3-8-5(10)11-2;2*1-9-4(8)6-2-5-3-7;6-2-4-1-5-3-7;2*1-2/h3H2,1-2H3,(H,8,10)(H2,6,7,9);2*2H2,1H3,(H,6,8);1H2;2H2,1H3;2H,1H3. The molecule has 0 saturated heterocycles. The van der Waals surface area contributed by atoms with Crippen LogP contribution in [0.4, 0.5) is 19.2 Å². The van der Waals surface area contributed by atoms with E-state index in [1.165, 1.54) is 59.7 Å². The number of methoxy groups -OCH3 is 3. The van der Waals surface area contributed by atoms with Crippen molar-refractivity contribution in [2.24, 2.45) is 25.7 Å². The van der Waals surface area contributed by atoms with Gasteiger partial charge >= 0.3 is 24.3 Å². The summed E-state index contributed by atoms with van der Waals surface area (Å²) in [6, 6.07) is -0.360. The average Bonchev–Trinajstić information content (AvgIpc) is 3.00. The van der Waals surface area contributed by atoms with Crippen molar-refractivity contribution in [1.29, 1.82) is 0 Å². The number of amides is 5. The number of aliphatic imine (C=N–C) groups is 4. The second-order valence-electron chi connectivity index (χ2n) is 4.39. The molecule has 0 unspecified atom stereocenters. The molecule has 228 valence electrons. The van der Waals surface area contributed by atoms with Crippen LogP contribution in [0.3, 0.4) is 0 Å². The molecule has 0 radical (unpaired) electrons. The molecule has 0 saturated carbocycles. The second-order valence-corrected chi connectivity index (χ2v) is 4.39. The first-order valence-corrected chi connectivity index (χ1v) is 9.82. The molecule has 0 heterocycles. The van der Waals surface area contributed by atoms with Gasteiger partial charge in [-0.1, -0.05) is 0 Å². The molecular weight excluding hydrogens is 548 g/mol. The first-order chi connectivity index (χ1) is 19.2. The van der Waals surface area contributed by atoms with Gasteiger partial charge in [0.2, 0.25) is 24.3 Å². The van der Waals surface area contributed by atoms with Crippen LogP contribution in [0.5, 0.6) is 0 Å². The molecule has 0 bridgehead atoms.